The molecule has 1 fully saturated rings. The van der Waals surface area contributed by atoms with Crippen LogP contribution in [0.25, 0.3) is 0 Å². The van der Waals surface area contributed by atoms with Crippen LogP contribution >= 0.6 is 0 Å². The molecule has 4 nitrogen and oxygen atoms in total. The van der Waals surface area contributed by atoms with Gasteiger partial charge in [0.05, 0.1) is 6.61 Å². The van der Waals surface area contributed by atoms with Gasteiger partial charge in [0.1, 0.15) is 0 Å². The maximum absolute atomic E-state index is 12.1. The largest absolute Gasteiger partial charge is 0.395 e. The molecule has 2 atom stereocenters. The van der Waals surface area contributed by atoms with Gasteiger partial charge < -0.3 is 15.7 Å². The molecule has 1 aromatic rings. The number of carbonyl (C=O) groups is 1. The third kappa shape index (κ3) is 4.47. The number of aliphatic hydroxyl groups excluding tert-OH is 1. The van der Waals surface area contributed by atoms with Crippen molar-refractivity contribution in [2.75, 3.05) is 25.0 Å². The lowest BCUT2D eigenvalue weighted by Crippen LogP contribution is -2.27. The third-order valence-corrected chi connectivity index (χ3v) is 4.60. The minimum Gasteiger partial charge on any atom is -0.395 e. The Bertz CT molecular complexity index is 502. The molecule has 2 unspecified atom stereocenters. The zero-order valence-electron chi connectivity index (χ0n) is 13.7. The number of hydrogen-bond donors (Lipinski definition) is 3. The maximum atomic E-state index is 12.1. The summed E-state index contributed by atoms with van der Waals surface area (Å²) in [6.45, 7) is 5.54. The molecular formula is C18H28N2O2. The molecule has 22 heavy (non-hydrogen) atoms. The zero-order valence-corrected chi connectivity index (χ0v) is 13.7. The lowest BCUT2D eigenvalue weighted by Gasteiger charge is -2.27. The maximum Gasteiger partial charge on any atom is 0.251 e. The molecule has 1 aliphatic carbocycles. The van der Waals surface area contributed by atoms with E-state index in [-0.39, 0.29) is 19.1 Å². The van der Waals surface area contributed by atoms with Gasteiger partial charge in [-0.05, 0) is 49.3 Å². The van der Waals surface area contributed by atoms with E-state index < -0.39 is 0 Å². The van der Waals surface area contributed by atoms with Crippen LogP contribution in [0.1, 0.15) is 48.5 Å². The molecule has 0 radical (unpaired) electrons. The van der Waals surface area contributed by atoms with Crippen LogP contribution in [0.2, 0.25) is 0 Å². The lowest BCUT2D eigenvalue weighted by atomic mass is 9.82. The van der Waals surface area contributed by atoms with Crippen LogP contribution in [0.5, 0.6) is 0 Å². The quantitative estimate of drug-likeness (QED) is 0.757. The van der Waals surface area contributed by atoms with Gasteiger partial charge in [-0.25, -0.2) is 0 Å². The van der Waals surface area contributed by atoms with Crippen LogP contribution in [0.4, 0.5) is 5.69 Å². The molecule has 122 valence electrons. The molecule has 0 bridgehead atoms. The van der Waals surface area contributed by atoms with Gasteiger partial charge in [-0.1, -0.05) is 25.8 Å². The number of rotatable bonds is 6. The Morgan fingerprint density at radius 2 is 2.18 bits per heavy atom. The second-order valence-electron chi connectivity index (χ2n) is 6.48. The van der Waals surface area contributed by atoms with Crippen molar-refractivity contribution < 1.29 is 9.90 Å². The summed E-state index contributed by atoms with van der Waals surface area (Å²) in [5.74, 6) is 1.44. The molecule has 0 aliphatic heterocycles. The van der Waals surface area contributed by atoms with E-state index in [1.54, 1.807) is 0 Å². The van der Waals surface area contributed by atoms with E-state index in [2.05, 4.69) is 17.6 Å². The summed E-state index contributed by atoms with van der Waals surface area (Å²) < 4.78 is 0. The normalized spacial score (nSPS) is 21.4. The van der Waals surface area contributed by atoms with Crippen LogP contribution in [-0.2, 0) is 0 Å². The standard InChI is InChI=1S/C18H28N2O2/c1-13-5-3-6-15(11-13)12-20-17-8-4-7-16(14(17)2)18(22)19-9-10-21/h4,7-8,13,15,20-21H,3,5-6,9-12H2,1-2H3,(H,19,22). The smallest absolute Gasteiger partial charge is 0.251 e. The molecule has 1 aromatic carbocycles. The van der Waals surface area contributed by atoms with Crippen molar-refractivity contribution in [2.45, 2.75) is 39.5 Å². The number of aliphatic hydroxyl groups is 1. The summed E-state index contributed by atoms with van der Waals surface area (Å²) in [6.07, 6.45) is 5.28. The fourth-order valence-electron chi connectivity index (χ4n) is 3.34. The number of hydrogen-bond acceptors (Lipinski definition) is 3. The Hall–Kier alpha value is -1.55. The average Bonchev–Trinajstić information content (AvgIpc) is 2.51. The van der Waals surface area contributed by atoms with E-state index in [1.807, 2.05) is 25.1 Å². The van der Waals surface area contributed by atoms with Gasteiger partial charge in [-0.2, -0.15) is 0 Å². The topological polar surface area (TPSA) is 61.4 Å². The van der Waals surface area contributed by atoms with Gasteiger partial charge in [0.15, 0.2) is 0 Å². The summed E-state index contributed by atoms with van der Waals surface area (Å²) >= 11 is 0. The fraction of sp³-hybridized carbons (Fsp3) is 0.611. The SMILES string of the molecule is Cc1c(NCC2CCCC(C)C2)cccc1C(=O)NCCO. The van der Waals surface area contributed by atoms with Crippen molar-refractivity contribution in [3.8, 4) is 0 Å². The number of anilines is 1. The minimum atomic E-state index is -0.124. The molecule has 3 N–H and O–H groups in total. The minimum absolute atomic E-state index is 0.0391. The number of amides is 1. The highest BCUT2D eigenvalue weighted by atomic mass is 16.3. The number of carbonyl (C=O) groups excluding carboxylic acids is 1. The van der Waals surface area contributed by atoms with Crippen molar-refractivity contribution in [3.63, 3.8) is 0 Å². The number of nitrogens with one attached hydrogen (secondary N) is 2. The molecule has 2 rings (SSSR count). The summed E-state index contributed by atoms with van der Waals surface area (Å²) in [4.78, 5) is 12.1. The Labute approximate surface area is 133 Å². The monoisotopic (exact) mass is 304 g/mol. The van der Waals surface area contributed by atoms with Gasteiger partial charge in [0.2, 0.25) is 0 Å². The van der Waals surface area contributed by atoms with E-state index in [1.165, 1.54) is 25.7 Å². The van der Waals surface area contributed by atoms with Crippen LogP contribution in [-0.4, -0.2) is 30.7 Å². The van der Waals surface area contributed by atoms with Gasteiger partial charge in [-0.3, -0.25) is 4.79 Å². The van der Waals surface area contributed by atoms with Crippen molar-refractivity contribution in [1.82, 2.24) is 5.32 Å². The van der Waals surface area contributed by atoms with Crippen LogP contribution < -0.4 is 10.6 Å². The first-order valence-corrected chi connectivity index (χ1v) is 8.34. The second kappa shape index (κ2) is 8.18. The Morgan fingerprint density at radius 3 is 2.91 bits per heavy atom. The molecule has 0 aromatic heterocycles. The first-order chi connectivity index (χ1) is 10.6. The van der Waals surface area contributed by atoms with Gasteiger partial charge in [0.25, 0.3) is 5.91 Å². The Balaban J connectivity index is 1.97. The first kappa shape index (κ1) is 16.8. The highest BCUT2D eigenvalue weighted by Gasteiger charge is 2.19. The second-order valence-corrected chi connectivity index (χ2v) is 6.48. The third-order valence-electron chi connectivity index (χ3n) is 4.60. The van der Waals surface area contributed by atoms with E-state index in [9.17, 15) is 4.79 Å². The molecule has 0 heterocycles. The predicted octanol–water partition coefficient (Wildman–Crippen LogP) is 2.96. The van der Waals surface area contributed by atoms with Crippen molar-refractivity contribution >= 4 is 11.6 Å². The van der Waals surface area contributed by atoms with Crippen molar-refractivity contribution in [1.29, 1.82) is 0 Å². The highest BCUT2D eigenvalue weighted by Crippen LogP contribution is 2.29. The Kier molecular flexibility index (Phi) is 6.25. The molecule has 1 aliphatic rings. The summed E-state index contributed by atoms with van der Waals surface area (Å²) in [5.41, 5.74) is 2.69. The lowest BCUT2D eigenvalue weighted by molar-refractivity contribution is 0.0944. The average molecular weight is 304 g/mol. The van der Waals surface area contributed by atoms with Gasteiger partial charge >= 0.3 is 0 Å². The predicted molar refractivity (Wildman–Crippen MR) is 90.2 cm³/mol. The zero-order chi connectivity index (χ0) is 15.9. The molecule has 1 saturated carbocycles. The van der Waals surface area contributed by atoms with Crippen LogP contribution in [0.15, 0.2) is 18.2 Å². The molecule has 0 saturated heterocycles. The van der Waals surface area contributed by atoms with E-state index in [4.69, 9.17) is 5.11 Å². The van der Waals surface area contributed by atoms with Crippen LogP contribution in [0, 0.1) is 18.8 Å². The van der Waals surface area contributed by atoms with Gasteiger partial charge in [-0.15, -0.1) is 0 Å². The van der Waals surface area contributed by atoms with E-state index in [0.29, 0.717) is 5.56 Å². The summed E-state index contributed by atoms with van der Waals surface area (Å²) in [5, 5.41) is 15.0. The van der Waals surface area contributed by atoms with Gasteiger partial charge in [0, 0.05) is 24.3 Å². The number of benzene rings is 1. The van der Waals surface area contributed by atoms with E-state index in [0.717, 1.165) is 29.6 Å². The van der Waals surface area contributed by atoms with E-state index >= 15 is 0 Å². The molecule has 4 heteroatoms. The highest BCUT2D eigenvalue weighted by molar-refractivity contribution is 5.97. The van der Waals surface area contributed by atoms with Crippen molar-refractivity contribution in [2.24, 2.45) is 11.8 Å². The molecular weight excluding hydrogens is 276 g/mol. The summed E-state index contributed by atoms with van der Waals surface area (Å²) in [7, 11) is 0. The molecule has 0 spiro atoms. The first-order valence-electron chi connectivity index (χ1n) is 8.34. The fourth-order valence-corrected chi connectivity index (χ4v) is 3.34. The molecule has 1 amide bonds. The van der Waals surface area contributed by atoms with Crippen LogP contribution in [0.3, 0.4) is 0 Å². The van der Waals surface area contributed by atoms with Crippen molar-refractivity contribution in [3.05, 3.63) is 29.3 Å². The summed E-state index contributed by atoms with van der Waals surface area (Å²) in [6, 6.07) is 5.77. The Morgan fingerprint density at radius 1 is 1.36 bits per heavy atom.